The topological polar surface area (TPSA) is 89.2 Å². The molecule has 0 spiro atoms. The Bertz CT molecular complexity index is 967. The molecule has 0 bridgehead atoms. The predicted molar refractivity (Wildman–Crippen MR) is 80.7 cm³/mol. The SMILES string of the molecule is Cc1cc(C)n2nc(CNS(=O)(=O)c3ccc(F)cc3)nc2n1. The number of aryl methyl sites for hydroxylation is 2. The van der Waals surface area contributed by atoms with Crippen molar-refractivity contribution in [1.82, 2.24) is 24.3 Å². The van der Waals surface area contributed by atoms with E-state index in [0.29, 0.717) is 11.6 Å². The van der Waals surface area contributed by atoms with Crippen molar-refractivity contribution in [1.29, 1.82) is 0 Å². The van der Waals surface area contributed by atoms with E-state index in [0.717, 1.165) is 23.5 Å². The molecule has 2 heterocycles. The summed E-state index contributed by atoms with van der Waals surface area (Å²) >= 11 is 0. The first-order valence-electron chi connectivity index (χ1n) is 6.80. The number of hydrogen-bond acceptors (Lipinski definition) is 5. The second-order valence-corrected chi connectivity index (χ2v) is 6.82. The van der Waals surface area contributed by atoms with E-state index in [1.807, 2.05) is 19.9 Å². The molecule has 1 N–H and O–H groups in total. The van der Waals surface area contributed by atoms with Gasteiger partial charge in [0.05, 0.1) is 11.4 Å². The zero-order chi connectivity index (χ0) is 16.6. The Balaban J connectivity index is 1.82. The van der Waals surface area contributed by atoms with Gasteiger partial charge >= 0.3 is 0 Å². The summed E-state index contributed by atoms with van der Waals surface area (Å²) < 4.78 is 41.1. The summed E-state index contributed by atoms with van der Waals surface area (Å²) in [6.45, 7) is 3.63. The largest absolute Gasteiger partial charge is 0.252 e. The Morgan fingerprint density at radius 1 is 1.17 bits per heavy atom. The molecule has 120 valence electrons. The lowest BCUT2D eigenvalue weighted by Crippen LogP contribution is -2.23. The van der Waals surface area contributed by atoms with Crippen LogP contribution in [0.4, 0.5) is 4.39 Å². The van der Waals surface area contributed by atoms with Gasteiger partial charge in [-0.1, -0.05) is 0 Å². The second-order valence-electron chi connectivity index (χ2n) is 5.06. The quantitative estimate of drug-likeness (QED) is 0.777. The van der Waals surface area contributed by atoms with Crippen LogP contribution in [0.15, 0.2) is 35.2 Å². The number of nitrogens with zero attached hydrogens (tertiary/aromatic N) is 4. The average molecular weight is 335 g/mol. The van der Waals surface area contributed by atoms with Crippen LogP contribution in [-0.4, -0.2) is 28.0 Å². The summed E-state index contributed by atoms with van der Waals surface area (Å²) in [5.41, 5.74) is 1.66. The molecule has 0 aliphatic rings. The first-order chi connectivity index (χ1) is 10.8. The molecule has 2 aromatic heterocycles. The van der Waals surface area contributed by atoms with Crippen molar-refractivity contribution in [2.75, 3.05) is 0 Å². The van der Waals surface area contributed by atoms with Crippen molar-refractivity contribution in [2.24, 2.45) is 0 Å². The first kappa shape index (κ1) is 15.5. The van der Waals surface area contributed by atoms with Gasteiger partial charge in [0.25, 0.3) is 5.78 Å². The molecule has 9 heteroatoms. The van der Waals surface area contributed by atoms with Gasteiger partial charge in [-0.15, -0.1) is 5.10 Å². The normalized spacial score (nSPS) is 12.0. The molecule has 0 radical (unpaired) electrons. The zero-order valence-corrected chi connectivity index (χ0v) is 13.3. The van der Waals surface area contributed by atoms with Crippen molar-refractivity contribution in [2.45, 2.75) is 25.3 Å². The Labute approximate surface area is 132 Å². The molecule has 0 unspecified atom stereocenters. The molecule has 0 fully saturated rings. The summed E-state index contributed by atoms with van der Waals surface area (Å²) in [5.74, 6) is 0.221. The second kappa shape index (κ2) is 5.67. The molecule has 0 aliphatic heterocycles. The average Bonchev–Trinajstić information content (AvgIpc) is 2.89. The van der Waals surface area contributed by atoms with E-state index in [1.54, 1.807) is 4.52 Å². The molecule has 3 rings (SSSR count). The summed E-state index contributed by atoms with van der Waals surface area (Å²) in [4.78, 5) is 8.42. The lowest BCUT2D eigenvalue weighted by molar-refractivity contribution is 0.578. The minimum absolute atomic E-state index is 0.0205. The van der Waals surface area contributed by atoms with Crippen LogP contribution in [0.2, 0.25) is 0 Å². The van der Waals surface area contributed by atoms with Gasteiger partial charge < -0.3 is 0 Å². The molecule has 1 aromatic carbocycles. The van der Waals surface area contributed by atoms with Crippen LogP contribution in [0, 0.1) is 19.7 Å². The highest BCUT2D eigenvalue weighted by atomic mass is 32.2. The van der Waals surface area contributed by atoms with Crippen LogP contribution >= 0.6 is 0 Å². The number of sulfonamides is 1. The highest BCUT2D eigenvalue weighted by molar-refractivity contribution is 7.89. The van der Waals surface area contributed by atoms with E-state index in [2.05, 4.69) is 19.8 Å². The minimum Gasteiger partial charge on any atom is -0.216 e. The minimum atomic E-state index is -3.76. The van der Waals surface area contributed by atoms with Gasteiger partial charge in [0.2, 0.25) is 10.0 Å². The molecule has 0 saturated heterocycles. The van der Waals surface area contributed by atoms with E-state index in [4.69, 9.17) is 0 Å². The smallest absolute Gasteiger partial charge is 0.216 e. The van der Waals surface area contributed by atoms with Gasteiger partial charge in [-0.25, -0.2) is 27.0 Å². The third-order valence-electron chi connectivity index (χ3n) is 3.21. The van der Waals surface area contributed by atoms with Gasteiger partial charge in [0, 0.05) is 11.4 Å². The lowest BCUT2D eigenvalue weighted by Gasteiger charge is -2.04. The molecular weight excluding hydrogens is 321 g/mol. The molecule has 0 atom stereocenters. The van der Waals surface area contributed by atoms with Crippen molar-refractivity contribution < 1.29 is 12.8 Å². The van der Waals surface area contributed by atoms with E-state index >= 15 is 0 Å². The Kier molecular flexibility index (Phi) is 3.82. The number of benzene rings is 1. The fraction of sp³-hybridized carbons (Fsp3) is 0.214. The van der Waals surface area contributed by atoms with Gasteiger partial charge in [-0.3, -0.25) is 0 Å². The van der Waals surface area contributed by atoms with E-state index in [9.17, 15) is 12.8 Å². The summed E-state index contributed by atoms with van der Waals surface area (Å²) in [5, 5.41) is 4.22. The van der Waals surface area contributed by atoms with Crippen molar-refractivity contribution in [3.8, 4) is 0 Å². The lowest BCUT2D eigenvalue weighted by atomic mass is 10.4. The number of rotatable bonds is 4. The Hall–Kier alpha value is -2.39. The van der Waals surface area contributed by atoms with Crippen LogP contribution in [0.5, 0.6) is 0 Å². The van der Waals surface area contributed by atoms with Crippen LogP contribution in [0.25, 0.3) is 5.78 Å². The summed E-state index contributed by atoms with van der Waals surface area (Å²) in [7, 11) is -3.76. The number of aromatic nitrogens is 4. The molecule has 3 aromatic rings. The third kappa shape index (κ3) is 3.20. The van der Waals surface area contributed by atoms with Crippen LogP contribution in [-0.2, 0) is 16.6 Å². The van der Waals surface area contributed by atoms with Crippen molar-refractivity contribution >= 4 is 15.8 Å². The van der Waals surface area contributed by atoms with E-state index in [1.165, 1.54) is 12.1 Å². The zero-order valence-electron chi connectivity index (χ0n) is 12.5. The highest BCUT2D eigenvalue weighted by Crippen LogP contribution is 2.10. The third-order valence-corrected chi connectivity index (χ3v) is 4.62. The number of fused-ring (bicyclic) bond motifs is 1. The number of halogens is 1. The highest BCUT2D eigenvalue weighted by Gasteiger charge is 2.15. The van der Waals surface area contributed by atoms with Gasteiger partial charge in [-0.05, 0) is 44.2 Å². The molecule has 0 aliphatic carbocycles. The maximum Gasteiger partial charge on any atom is 0.252 e. The fourth-order valence-corrected chi connectivity index (χ4v) is 3.12. The summed E-state index contributed by atoms with van der Waals surface area (Å²) in [6, 6.07) is 6.43. The molecule has 0 amide bonds. The summed E-state index contributed by atoms with van der Waals surface area (Å²) in [6.07, 6.45) is 0. The molecule has 23 heavy (non-hydrogen) atoms. The van der Waals surface area contributed by atoms with E-state index < -0.39 is 15.8 Å². The number of nitrogens with one attached hydrogen (secondary N) is 1. The Morgan fingerprint density at radius 2 is 1.87 bits per heavy atom. The van der Waals surface area contributed by atoms with E-state index in [-0.39, 0.29) is 11.4 Å². The monoisotopic (exact) mass is 335 g/mol. The van der Waals surface area contributed by atoms with Crippen molar-refractivity contribution in [3.05, 3.63) is 53.4 Å². The fourth-order valence-electron chi connectivity index (χ4n) is 2.14. The maximum absolute atomic E-state index is 12.9. The van der Waals surface area contributed by atoms with Crippen LogP contribution < -0.4 is 4.72 Å². The first-order valence-corrected chi connectivity index (χ1v) is 8.28. The van der Waals surface area contributed by atoms with Crippen molar-refractivity contribution in [3.63, 3.8) is 0 Å². The molecular formula is C14H14FN5O2S. The number of hydrogen-bond donors (Lipinski definition) is 1. The molecule has 7 nitrogen and oxygen atoms in total. The van der Waals surface area contributed by atoms with Crippen LogP contribution in [0.3, 0.4) is 0 Å². The molecule has 0 saturated carbocycles. The predicted octanol–water partition coefficient (Wildman–Crippen LogP) is 1.36. The Morgan fingerprint density at radius 3 is 2.57 bits per heavy atom. The maximum atomic E-state index is 12.9. The van der Waals surface area contributed by atoms with Crippen LogP contribution in [0.1, 0.15) is 17.2 Å². The van der Waals surface area contributed by atoms with Gasteiger partial charge in [0.15, 0.2) is 5.82 Å². The standard InChI is InChI=1S/C14H14FN5O2S/c1-9-7-10(2)20-14(17-9)18-13(19-20)8-16-23(21,22)12-5-3-11(15)4-6-12/h3-7,16H,8H2,1-2H3. The van der Waals surface area contributed by atoms with Gasteiger partial charge in [-0.2, -0.15) is 4.98 Å². The van der Waals surface area contributed by atoms with Gasteiger partial charge in [0.1, 0.15) is 5.82 Å².